The highest BCUT2D eigenvalue weighted by atomic mass is 16.5. The summed E-state index contributed by atoms with van der Waals surface area (Å²) in [5.41, 5.74) is 0. The minimum absolute atomic E-state index is 0.0896. The highest BCUT2D eigenvalue weighted by Gasteiger charge is 2.45. The van der Waals surface area contributed by atoms with Gasteiger partial charge in [0.1, 0.15) is 0 Å². The first-order valence-corrected chi connectivity index (χ1v) is 7.81. The molecule has 108 valence electrons. The number of carbonyl (C=O) groups is 1. The van der Waals surface area contributed by atoms with Crippen molar-refractivity contribution in [1.29, 1.82) is 0 Å². The molecule has 3 fully saturated rings. The fourth-order valence-corrected chi connectivity index (χ4v) is 3.41. The van der Waals surface area contributed by atoms with Crippen LogP contribution in [0, 0.1) is 11.8 Å². The standard InChI is InChI=1S/C15H26N2O2/c1-10(13-4-3-9-19-13)16-15(18)17(2)14(11-5-6-11)12-7-8-12/h10-14H,3-9H2,1-2H3,(H,16,18)/t10-,13+/m1/s1. The minimum Gasteiger partial charge on any atom is -0.376 e. The molecule has 1 aliphatic heterocycles. The minimum atomic E-state index is 0.0896. The molecule has 4 heteroatoms. The van der Waals surface area contributed by atoms with E-state index in [1.807, 2.05) is 11.9 Å². The van der Waals surface area contributed by atoms with E-state index in [0.29, 0.717) is 6.04 Å². The van der Waals surface area contributed by atoms with Gasteiger partial charge in [-0.15, -0.1) is 0 Å². The fourth-order valence-electron chi connectivity index (χ4n) is 3.41. The van der Waals surface area contributed by atoms with E-state index in [0.717, 1.165) is 31.3 Å². The van der Waals surface area contributed by atoms with Crippen molar-refractivity contribution >= 4 is 6.03 Å². The molecule has 1 heterocycles. The van der Waals surface area contributed by atoms with E-state index in [9.17, 15) is 4.79 Å². The Labute approximate surface area is 115 Å². The number of rotatable bonds is 5. The summed E-state index contributed by atoms with van der Waals surface area (Å²) in [6.45, 7) is 2.90. The van der Waals surface area contributed by atoms with Gasteiger partial charge in [-0.2, -0.15) is 0 Å². The third-order valence-corrected chi connectivity index (χ3v) is 4.85. The fraction of sp³-hybridized carbons (Fsp3) is 0.933. The van der Waals surface area contributed by atoms with Gasteiger partial charge in [-0.05, 0) is 57.3 Å². The summed E-state index contributed by atoms with van der Waals surface area (Å²) in [4.78, 5) is 14.3. The van der Waals surface area contributed by atoms with E-state index >= 15 is 0 Å². The van der Waals surface area contributed by atoms with Crippen LogP contribution in [0.1, 0.15) is 45.4 Å². The predicted molar refractivity (Wildman–Crippen MR) is 74.0 cm³/mol. The van der Waals surface area contributed by atoms with Gasteiger partial charge in [0.25, 0.3) is 0 Å². The van der Waals surface area contributed by atoms with Crippen LogP contribution in [0.3, 0.4) is 0 Å². The molecule has 3 aliphatic rings. The molecule has 0 radical (unpaired) electrons. The number of amides is 2. The molecule has 2 saturated carbocycles. The Morgan fingerprint density at radius 3 is 2.32 bits per heavy atom. The molecule has 0 spiro atoms. The number of ether oxygens (including phenoxy) is 1. The first-order chi connectivity index (χ1) is 9.16. The van der Waals surface area contributed by atoms with E-state index in [1.165, 1.54) is 25.7 Å². The number of nitrogens with zero attached hydrogens (tertiary/aromatic N) is 1. The van der Waals surface area contributed by atoms with Crippen LogP contribution in [0.4, 0.5) is 4.79 Å². The normalized spacial score (nSPS) is 28.5. The van der Waals surface area contributed by atoms with E-state index in [4.69, 9.17) is 4.74 Å². The molecule has 4 nitrogen and oxygen atoms in total. The van der Waals surface area contributed by atoms with Gasteiger partial charge in [0.15, 0.2) is 0 Å². The highest BCUT2D eigenvalue weighted by Crippen LogP contribution is 2.46. The summed E-state index contributed by atoms with van der Waals surface area (Å²) in [5.74, 6) is 1.53. The summed E-state index contributed by atoms with van der Waals surface area (Å²) < 4.78 is 5.64. The lowest BCUT2D eigenvalue weighted by atomic mass is 10.1. The van der Waals surface area contributed by atoms with E-state index in [2.05, 4.69) is 12.2 Å². The van der Waals surface area contributed by atoms with Crippen molar-refractivity contribution in [3.63, 3.8) is 0 Å². The third kappa shape index (κ3) is 3.04. The van der Waals surface area contributed by atoms with Crippen LogP contribution in [0.25, 0.3) is 0 Å². The van der Waals surface area contributed by atoms with Crippen LogP contribution in [0.15, 0.2) is 0 Å². The first kappa shape index (κ1) is 13.2. The van der Waals surface area contributed by atoms with Crippen LogP contribution in [0.5, 0.6) is 0 Å². The summed E-state index contributed by atoms with van der Waals surface area (Å²) in [5, 5.41) is 3.13. The van der Waals surface area contributed by atoms with Crippen molar-refractivity contribution in [1.82, 2.24) is 10.2 Å². The smallest absolute Gasteiger partial charge is 0.317 e. The van der Waals surface area contributed by atoms with Crippen LogP contribution in [0.2, 0.25) is 0 Å². The Balaban J connectivity index is 1.53. The molecular weight excluding hydrogens is 240 g/mol. The van der Waals surface area contributed by atoms with E-state index < -0.39 is 0 Å². The topological polar surface area (TPSA) is 41.6 Å². The van der Waals surface area contributed by atoms with Crippen molar-refractivity contribution in [2.75, 3.05) is 13.7 Å². The lowest BCUT2D eigenvalue weighted by molar-refractivity contribution is 0.0819. The lowest BCUT2D eigenvalue weighted by Gasteiger charge is -2.31. The Hall–Kier alpha value is -0.770. The maximum absolute atomic E-state index is 12.4. The van der Waals surface area contributed by atoms with Crippen molar-refractivity contribution in [3.8, 4) is 0 Å². The summed E-state index contributed by atoms with van der Waals surface area (Å²) in [6, 6.07) is 0.694. The molecule has 1 N–H and O–H groups in total. The molecule has 3 rings (SSSR count). The number of carbonyl (C=O) groups excluding carboxylic acids is 1. The molecule has 0 bridgehead atoms. The molecule has 0 aromatic rings. The van der Waals surface area contributed by atoms with Gasteiger partial charge in [0.2, 0.25) is 0 Å². The van der Waals surface area contributed by atoms with Gasteiger partial charge >= 0.3 is 6.03 Å². The largest absolute Gasteiger partial charge is 0.376 e. The van der Waals surface area contributed by atoms with Gasteiger partial charge in [-0.25, -0.2) is 4.79 Å². The zero-order chi connectivity index (χ0) is 13.4. The lowest BCUT2D eigenvalue weighted by Crippen LogP contribution is -2.50. The zero-order valence-electron chi connectivity index (χ0n) is 12.1. The second-order valence-electron chi connectivity index (χ2n) is 6.57. The molecule has 1 saturated heterocycles. The molecule has 2 aliphatic carbocycles. The number of hydrogen-bond acceptors (Lipinski definition) is 2. The SMILES string of the molecule is C[C@@H](NC(=O)N(C)C(C1CC1)C1CC1)[C@@H]1CCCO1. The molecular formula is C15H26N2O2. The van der Waals surface area contributed by atoms with Crippen LogP contribution in [-0.4, -0.2) is 42.8 Å². The summed E-state index contributed by atoms with van der Waals surface area (Å²) in [7, 11) is 1.97. The third-order valence-electron chi connectivity index (χ3n) is 4.85. The Kier molecular flexibility index (Phi) is 3.70. The molecule has 0 aromatic heterocycles. The van der Waals surface area contributed by atoms with Crippen LogP contribution < -0.4 is 5.32 Å². The van der Waals surface area contributed by atoms with Gasteiger partial charge in [0.05, 0.1) is 12.1 Å². The van der Waals surface area contributed by atoms with Crippen molar-refractivity contribution in [2.45, 2.75) is 63.6 Å². The number of urea groups is 1. The second-order valence-corrected chi connectivity index (χ2v) is 6.57. The van der Waals surface area contributed by atoms with Gasteiger partial charge in [-0.3, -0.25) is 0 Å². The Bertz CT molecular complexity index is 321. The van der Waals surface area contributed by atoms with Gasteiger partial charge in [-0.1, -0.05) is 0 Å². The molecule has 0 unspecified atom stereocenters. The maximum atomic E-state index is 12.4. The summed E-state index contributed by atoms with van der Waals surface area (Å²) >= 11 is 0. The van der Waals surface area contributed by atoms with Gasteiger partial charge in [0, 0.05) is 19.7 Å². The number of nitrogens with one attached hydrogen (secondary N) is 1. The second kappa shape index (κ2) is 5.31. The van der Waals surface area contributed by atoms with Crippen molar-refractivity contribution in [2.24, 2.45) is 11.8 Å². The molecule has 19 heavy (non-hydrogen) atoms. The van der Waals surface area contributed by atoms with E-state index in [1.54, 1.807) is 0 Å². The average molecular weight is 266 g/mol. The molecule has 0 aromatic carbocycles. The molecule has 2 amide bonds. The number of hydrogen-bond donors (Lipinski definition) is 1. The first-order valence-electron chi connectivity index (χ1n) is 7.81. The van der Waals surface area contributed by atoms with Gasteiger partial charge < -0.3 is 15.0 Å². The van der Waals surface area contributed by atoms with Crippen LogP contribution >= 0.6 is 0 Å². The Morgan fingerprint density at radius 2 is 1.84 bits per heavy atom. The Morgan fingerprint density at radius 1 is 1.21 bits per heavy atom. The summed E-state index contributed by atoms with van der Waals surface area (Å²) in [6.07, 6.45) is 7.62. The van der Waals surface area contributed by atoms with Crippen molar-refractivity contribution < 1.29 is 9.53 Å². The average Bonchev–Trinajstić information content (AvgIpc) is 3.32. The monoisotopic (exact) mass is 266 g/mol. The quantitative estimate of drug-likeness (QED) is 0.830. The van der Waals surface area contributed by atoms with Crippen LogP contribution in [-0.2, 0) is 4.74 Å². The van der Waals surface area contributed by atoms with E-state index in [-0.39, 0.29) is 18.2 Å². The molecule has 2 atom stereocenters. The predicted octanol–water partition coefficient (Wildman–Crippen LogP) is 2.38. The highest BCUT2D eigenvalue weighted by molar-refractivity contribution is 5.74. The van der Waals surface area contributed by atoms with Crippen molar-refractivity contribution in [3.05, 3.63) is 0 Å². The zero-order valence-corrected chi connectivity index (χ0v) is 12.1. The maximum Gasteiger partial charge on any atom is 0.317 e.